The molecule has 0 bridgehead atoms. The van der Waals surface area contributed by atoms with E-state index in [9.17, 15) is 9.90 Å². The van der Waals surface area contributed by atoms with Crippen molar-refractivity contribution in [2.24, 2.45) is 0 Å². The lowest BCUT2D eigenvalue weighted by Crippen LogP contribution is -2.40. The lowest BCUT2D eigenvalue weighted by molar-refractivity contribution is -0.122. The van der Waals surface area contributed by atoms with E-state index in [1.165, 1.54) is 0 Å². The third-order valence-electron chi connectivity index (χ3n) is 4.04. The van der Waals surface area contributed by atoms with Crippen LogP contribution in [0, 0.1) is 0 Å². The molecular formula is C17H25NO3. The number of rotatable bonds is 7. The standard InChI is InChI=1S/C17H25NO3/c1-2-21-15-8-4-3-7-14(15)9-10-16(19)18-13-17(20)11-5-6-12-17/h3-4,7-8,20H,2,5-6,9-13H2,1H3,(H,18,19). The topological polar surface area (TPSA) is 58.6 Å². The van der Waals surface area contributed by atoms with E-state index in [4.69, 9.17) is 4.74 Å². The number of hydrogen-bond acceptors (Lipinski definition) is 3. The highest BCUT2D eigenvalue weighted by atomic mass is 16.5. The predicted octanol–water partition coefficient (Wildman–Crippen LogP) is 2.44. The van der Waals surface area contributed by atoms with Crippen molar-refractivity contribution < 1.29 is 14.6 Å². The average molecular weight is 291 g/mol. The Morgan fingerprint density at radius 2 is 2.05 bits per heavy atom. The molecule has 2 N–H and O–H groups in total. The zero-order chi connectivity index (χ0) is 15.1. The molecule has 0 unspecified atom stereocenters. The van der Waals surface area contributed by atoms with Gasteiger partial charge in [-0.3, -0.25) is 4.79 Å². The van der Waals surface area contributed by atoms with E-state index in [2.05, 4.69) is 5.32 Å². The van der Waals surface area contributed by atoms with E-state index in [1.54, 1.807) is 0 Å². The number of aliphatic hydroxyl groups is 1. The van der Waals surface area contributed by atoms with Crippen LogP contribution in [0.25, 0.3) is 0 Å². The summed E-state index contributed by atoms with van der Waals surface area (Å²) in [6.45, 7) is 2.95. The smallest absolute Gasteiger partial charge is 0.220 e. The van der Waals surface area contributed by atoms with Crippen LogP contribution in [0.5, 0.6) is 5.75 Å². The molecule has 0 saturated heterocycles. The third-order valence-corrected chi connectivity index (χ3v) is 4.04. The summed E-state index contributed by atoms with van der Waals surface area (Å²) in [6.07, 6.45) is 4.75. The molecule has 0 spiro atoms. The van der Waals surface area contributed by atoms with E-state index in [1.807, 2.05) is 31.2 Å². The van der Waals surface area contributed by atoms with E-state index in [-0.39, 0.29) is 5.91 Å². The molecule has 0 aromatic heterocycles. The number of nitrogens with one attached hydrogen (secondary N) is 1. The molecule has 0 aliphatic heterocycles. The van der Waals surface area contributed by atoms with Gasteiger partial charge in [-0.2, -0.15) is 0 Å². The molecule has 1 aromatic rings. The molecule has 1 aromatic carbocycles. The van der Waals surface area contributed by atoms with Gasteiger partial charge in [-0.05, 0) is 37.8 Å². The van der Waals surface area contributed by atoms with Crippen molar-refractivity contribution in [2.45, 2.75) is 51.0 Å². The van der Waals surface area contributed by atoms with Gasteiger partial charge in [0.25, 0.3) is 0 Å². The highest BCUT2D eigenvalue weighted by Gasteiger charge is 2.31. The van der Waals surface area contributed by atoms with Crippen LogP contribution in [-0.4, -0.2) is 29.8 Å². The quantitative estimate of drug-likeness (QED) is 0.811. The first kappa shape index (κ1) is 15.8. The number of carbonyl (C=O) groups is 1. The fraction of sp³-hybridized carbons (Fsp3) is 0.588. The van der Waals surface area contributed by atoms with Gasteiger partial charge >= 0.3 is 0 Å². The van der Waals surface area contributed by atoms with Crippen LogP contribution in [0.3, 0.4) is 0 Å². The van der Waals surface area contributed by atoms with Crippen molar-refractivity contribution in [2.75, 3.05) is 13.2 Å². The van der Waals surface area contributed by atoms with Crippen LogP contribution in [0.2, 0.25) is 0 Å². The number of hydrogen-bond donors (Lipinski definition) is 2. The normalized spacial score (nSPS) is 16.7. The Morgan fingerprint density at radius 1 is 1.33 bits per heavy atom. The molecule has 116 valence electrons. The van der Waals surface area contributed by atoms with Crippen LogP contribution in [0.1, 0.15) is 44.6 Å². The van der Waals surface area contributed by atoms with E-state index in [0.717, 1.165) is 37.0 Å². The van der Waals surface area contributed by atoms with Crippen LogP contribution < -0.4 is 10.1 Å². The molecule has 0 radical (unpaired) electrons. The van der Waals surface area contributed by atoms with Crippen molar-refractivity contribution in [1.29, 1.82) is 0 Å². The molecule has 2 rings (SSSR count). The Balaban J connectivity index is 1.78. The lowest BCUT2D eigenvalue weighted by Gasteiger charge is -2.22. The first-order valence-corrected chi connectivity index (χ1v) is 7.83. The Morgan fingerprint density at radius 3 is 2.76 bits per heavy atom. The van der Waals surface area contributed by atoms with E-state index >= 15 is 0 Å². The summed E-state index contributed by atoms with van der Waals surface area (Å²) in [5.74, 6) is 0.837. The SMILES string of the molecule is CCOc1ccccc1CCC(=O)NCC1(O)CCCC1. The lowest BCUT2D eigenvalue weighted by atomic mass is 10.0. The second kappa shape index (κ2) is 7.46. The fourth-order valence-electron chi connectivity index (χ4n) is 2.82. The molecule has 1 saturated carbocycles. The molecule has 1 fully saturated rings. The zero-order valence-electron chi connectivity index (χ0n) is 12.7. The van der Waals surface area contributed by atoms with Gasteiger partial charge in [-0.1, -0.05) is 31.0 Å². The Kier molecular flexibility index (Phi) is 5.62. The number of amides is 1. The Bertz CT molecular complexity index is 467. The van der Waals surface area contributed by atoms with Gasteiger partial charge in [0, 0.05) is 13.0 Å². The van der Waals surface area contributed by atoms with E-state index in [0.29, 0.717) is 26.0 Å². The molecule has 1 aliphatic carbocycles. The first-order valence-electron chi connectivity index (χ1n) is 7.83. The van der Waals surface area contributed by atoms with Gasteiger partial charge < -0.3 is 15.2 Å². The number of carbonyl (C=O) groups excluding carboxylic acids is 1. The van der Waals surface area contributed by atoms with Gasteiger partial charge in [0.2, 0.25) is 5.91 Å². The van der Waals surface area contributed by atoms with Gasteiger partial charge in [0.15, 0.2) is 0 Å². The summed E-state index contributed by atoms with van der Waals surface area (Å²) in [5.41, 5.74) is 0.368. The Hall–Kier alpha value is -1.55. The van der Waals surface area contributed by atoms with Crippen LogP contribution >= 0.6 is 0 Å². The highest BCUT2D eigenvalue weighted by molar-refractivity contribution is 5.76. The van der Waals surface area contributed by atoms with Crippen molar-refractivity contribution >= 4 is 5.91 Å². The Labute approximate surface area is 126 Å². The first-order chi connectivity index (χ1) is 10.1. The number of benzene rings is 1. The maximum Gasteiger partial charge on any atom is 0.220 e. The summed E-state index contributed by atoms with van der Waals surface area (Å²) < 4.78 is 5.55. The molecule has 21 heavy (non-hydrogen) atoms. The minimum absolute atomic E-state index is 0.0124. The van der Waals surface area contributed by atoms with Crippen molar-refractivity contribution in [3.63, 3.8) is 0 Å². The van der Waals surface area contributed by atoms with Gasteiger partial charge in [-0.15, -0.1) is 0 Å². The second-order valence-corrected chi connectivity index (χ2v) is 5.75. The molecule has 1 aliphatic rings. The largest absolute Gasteiger partial charge is 0.494 e. The van der Waals surface area contributed by atoms with Crippen LogP contribution in [-0.2, 0) is 11.2 Å². The minimum atomic E-state index is -0.682. The molecule has 0 heterocycles. The maximum absolute atomic E-state index is 11.9. The minimum Gasteiger partial charge on any atom is -0.494 e. The van der Waals surface area contributed by atoms with Crippen LogP contribution in [0.15, 0.2) is 24.3 Å². The summed E-state index contributed by atoms with van der Waals surface area (Å²) in [5, 5.41) is 13.1. The van der Waals surface area contributed by atoms with Gasteiger partial charge in [-0.25, -0.2) is 0 Å². The summed E-state index contributed by atoms with van der Waals surface area (Å²) in [4.78, 5) is 11.9. The van der Waals surface area contributed by atoms with Crippen LogP contribution in [0.4, 0.5) is 0 Å². The summed E-state index contributed by atoms with van der Waals surface area (Å²) in [6, 6.07) is 7.81. The molecule has 4 heteroatoms. The summed E-state index contributed by atoms with van der Waals surface area (Å²) in [7, 11) is 0. The maximum atomic E-state index is 11.9. The zero-order valence-corrected chi connectivity index (χ0v) is 12.7. The van der Waals surface area contributed by atoms with E-state index < -0.39 is 5.60 Å². The molecule has 1 amide bonds. The number of ether oxygens (including phenoxy) is 1. The average Bonchev–Trinajstić information content (AvgIpc) is 2.92. The molecule has 0 atom stereocenters. The van der Waals surface area contributed by atoms with Crippen molar-refractivity contribution in [3.05, 3.63) is 29.8 Å². The number of aryl methyl sites for hydroxylation is 1. The predicted molar refractivity (Wildman–Crippen MR) is 82.4 cm³/mol. The monoisotopic (exact) mass is 291 g/mol. The highest BCUT2D eigenvalue weighted by Crippen LogP contribution is 2.28. The van der Waals surface area contributed by atoms with Crippen molar-refractivity contribution in [1.82, 2.24) is 5.32 Å². The van der Waals surface area contributed by atoms with Crippen molar-refractivity contribution in [3.8, 4) is 5.75 Å². The third kappa shape index (κ3) is 4.74. The van der Waals surface area contributed by atoms with Gasteiger partial charge in [0.1, 0.15) is 5.75 Å². The summed E-state index contributed by atoms with van der Waals surface area (Å²) >= 11 is 0. The second-order valence-electron chi connectivity index (χ2n) is 5.75. The molecular weight excluding hydrogens is 266 g/mol. The van der Waals surface area contributed by atoms with Gasteiger partial charge in [0.05, 0.1) is 12.2 Å². The fourth-order valence-corrected chi connectivity index (χ4v) is 2.82. The number of para-hydroxylation sites is 1. The molecule has 4 nitrogen and oxygen atoms in total.